The Hall–Kier alpha value is -1.95. The Bertz CT molecular complexity index is 598. The molecule has 0 aromatic heterocycles. The van der Waals surface area contributed by atoms with E-state index >= 15 is 0 Å². The predicted molar refractivity (Wildman–Crippen MR) is 116 cm³/mol. The molecule has 1 fully saturated rings. The van der Waals surface area contributed by atoms with Crippen LogP contribution >= 0.6 is 0 Å². The van der Waals surface area contributed by atoms with Crippen molar-refractivity contribution in [2.45, 2.75) is 52.7 Å². The van der Waals surface area contributed by atoms with E-state index in [1.54, 1.807) is 7.11 Å². The van der Waals surface area contributed by atoms with Crippen LogP contribution in [0, 0.1) is 5.92 Å². The van der Waals surface area contributed by atoms with Gasteiger partial charge in [0.15, 0.2) is 17.5 Å². The van der Waals surface area contributed by atoms with Crippen LogP contribution in [-0.4, -0.2) is 62.8 Å². The molecule has 6 heteroatoms. The summed E-state index contributed by atoms with van der Waals surface area (Å²) in [5.41, 5.74) is 0. The van der Waals surface area contributed by atoms with Crippen LogP contribution in [0.15, 0.2) is 29.3 Å². The summed E-state index contributed by atoms with van der Waals surface area (Å²) in [5.74, 6) is 3.10. The summed E-state index contributed by atoms with van der Waals surface area (Å²) >= 11 is 0. The van der Waals surface area contributed by atoms with Gasteiger partial charge in [0.05, 0.1) is 13.7 Å². The molecule has 0 amide bonds. The van der Waals surface area contributed by atoms with Crippen molar-refractivity contribution < 1.29 is 9.47 Å². The molecule has 1 aliphatic rings. The molecule has 2 N–H and O–H groups in total. The normalized spacial score (nSPS) is 17.4. The third kappa shape index (κ3) is 7.58. The number of guanidine groups is 1. The number of nitrogens with one attached hydrogen (secondary N) is 2. The Kier molecular flexibility index (Phi) is 9.41. The number of hydrogen-bond acceptors (Lipinski definition) is 4. The molecule has 1 saturated heterocycles. The van der Waals surface area contributed by atoms with Crippen molar-refractivity contribution in [3.05, 3.63) is 24.3 Å². The highest BCUT2D eigenvalue weighted by atomic mass is 16.5. The molecule has 1 unspecified atom stereocenters. The summed E-state index contributed by atoms with van der Waals surface area (Å²) in [6, 6.07) is 8.20. The number of ether oxygens (including phenoxy) is 2. The second-order valence-electron chi connectivity index (χ2n) is 7.91. The number of nitrogens with zero attached hydrogens (tertiary/aromatic N) is 2. The second kappa shape index (κ2) is 11.8. The minimum absolute atomic E-state index is 0.0420. The minimum Gasteiger partial charge on any atom is -0.493 e. The van der Waals surface area contributed by atoms with E-state index in [1.165, 1.54) is 6.54 Å². The van der Waals surface area contributed by atoms with Gasteiger partial charge in [0.25, 0.3) is 0 Å². The van der Waals surface area contributed by atoms with Crippen LogP contribution in [0.1, 0.15) is 40.5 Å². The Balaban J connectivity index is 1.84. The van der Waals surface area contributed by atoms with E-state index in [1.807, 2.05) is 31.2 Å². The summed E-state index contributed by atoms with van der Waals surface area (Å²) in [5, 5.41) is 6.96. The Morgan fingerprint density at radius 3 is 2.46 bits per heavy atom. The zero-order valence-corrected chi connectivity index (χ0v) is 18.2. The van der Waals surface area contributed by atoms with Crippen LogP contribution in [0.5, 0.6) is 11.5 Å². The van der Waals surface area contributed by atoms with Crippen LogP contribution < -0.4 is 20.1 Å². The van der Waals surface area contributed by atoms with E-state index in [2.05, 4.69) is 36.3 Å². The summed E-state index contributed by atoms with van der Waals surface area (Å²) in [4.78, 5) is 7.31. The number of aliphatic imine (C=N–C) groups is 1. The first-order valence-electron chi connectivity index (χ1n) is 10.6. The van der Waals surface area contributed by atoms with Crippen molar-refractivity contribution >= 4 is 5.96 Å². The Morgan fingerprint density at radius 1 is 1.18 bits per heavy atom. The third-order valence-electron chi connectivity index (χ3n) is 4.80. The van der Waals surface area contributed by atoms with E-state index < -0.39 is 0 Å². The first-order valence-corrected chi connectivity index (χ1v) is 10.6. The number of rotatable bonds is 9. The van der Waals surface area contributed by atoms with Crippen molar-refractivity contribution in [2.75, 3.05) is 39.8 Å². The number of hydrogen-bond donors (Lipinski definition) is 2. The molecule has 0 spiro atoms. The van der Waals surface area contributed by atoms with Gasteiger partial charge < -0.3 is 25.0 Å². The fraction of sp³-hybridized carbons (Fsp3) is 0.682. The number of likely N-dealkylation sites (tertiary alicyclic amines) is 1. The molecule has 158 valence electrons. The van der Waals surface area contributed by atoms with Gasteiger partial charge in [-0.05, 0) is 44.7 Å². The lowest BCUT2D eigenvalue weighted by molar-refractivity contribution is 0.186. The van der Waals surface area contributed by atoms with Gasteiger partial charge in [0.1, 0.15) is 6.10 Å². The van der Waals surface area contributed by atoms with Gasteiger partial charge in [-0.15, -0.1) is 0 Å². The lowest BCUT2D eigenvalue weighted by Crippen LogP contribution is -2.49. The molecule has 0 radical (unpaired) electrons. The molecule has 1 atom stereocenters. The van der Waals surface area contributed by atoms with Gasteiger partial charge in [-0.3, -0.25) is 0 Å². The number of piperidine rings is 1. The van der Waals surface area contributed by atoms with Crippen LogP contribution in [0.25, 0.3) is 0 Å². The number of methoxy groups -OCH3 is 1. The summed E-state index contributed by atoms with van der Waals surface area (Å²) in [7, 11) is 1.66. The zero-order valence-electron chi connectivity index (χ0n) is 18.2. The maximum atomic E-state index is 6.01. The van der Waals surface area contributed by atoms with Gasteiger partial charge in [-0.25, -0.2) is 4.99 Å². The average molecular weight is 391 g/mol. The van der Waals surface area contributed by atoms with Crippen molar-refractivity contribution in [1.82, 2.24) is 15.5 Å². The molecule has 1 heterocycles. The van der Waals surface area contributed by atoms with Gasteiger partial charge >= 0.3 is 0 Å². The molecule has 6 nitrogen and oxygen atoms in total. The van der Waals surface area contributed by atoms with E-state index in [0.29, 0.717) is 12.6 Å². The highest BCUT2D eigenvalue weighted by Gasteiger charge is 2.20. The van der Waals surface area contributed by atoms with Crippen LogP contribution in [0.2, 0.25) is 0 Å². The van der Waals surface area contributed by atoms with Gasteiger partial charge in [0.2, 0.25) is 0 Å². The van der Waals surface area contributed by atoms with E-state index in [-0.39, 0.29) is 6.10 Å². The first kappa shape index (κ1) is 22.3. The SMILES string of the molecule is CCNC(=NCC(C)Oc1ccccc1OC)NC1CCN(CC(C)C)CC1. The van der Waals surface area contributed by atoms with Gasteiger partial charge in [-0.2, -0.15) is 0 Å². The Morgan fingerprint density at radius 2 is 1.86 bits per heavy atom. The van der Waals surface area contributed by atoms with Crippen molar-refractivity contribution in [1.29, 1.82) is 0 Å². The zero-order chi connectivity index (χ0) is 20.4. The van der Waals surface area contributed by atoms with Crippen molar-refractivity contribution in [2.24, 2.45) is 10.9 Å². The summed E-state index contributed by atoms with van der Waals surface area (Å²) in [6.45, 7) is 13.6. The highest BCUT2D eigenvalue weighted by molar-refractivity contribution is 5.80. The molecule has 0 saturated carbocycles. The summed E-state index contributed by atoms with van der Waals surface area (Å²) in [6.07, 6.45) is 2.27. The fourth-order valence-electron chi connectivity index (χ4n) is 3.48. The monoisotopic (exact) mass is 390 g/mol. The quantitative estimate of drug-likeness (QED) is 0.501. The maximum Gasteiger partial charge on any atom is 0.191 e. The van der Waals surface area contributed by atoms with E-state index in [0.717, 1.165) is 55.9 Å². The van der Waals surface area contributed by atoms with Crippen LogP contribution in [0.4, 0.5) is 0 Å². The van der Waals surface area contributed by atoms with Crippen molar-refractivity contribution in [3.63, 3.8) is 0 Å². The lowest BCUT2D eigenvalue weighted by atomic mass is 10.0. The van der Waals surface area contributed by atoms with Crippen LogP contribution in [0.3, 0.4) is 0 Å². The average Bonchev–Trinajstić information content (AvgIpc) is 2.68. The molecular weight excluding hydrogens is 352 g/mol. The molecule has 0 bridgehead atoms. The standard InChI is InChI=1S/C22H38N4O2/c1-6-23-22(25-19-11-13-26(14-12-19)16-17(2)3)24-15-18(4)28-21-10-8-7-9-20(21)27-5/h7-10,17-19H,6,11-16H2,1-5H3,(H2,23,24,25). The second-order valence-corrected chi connectivity index (χ2v) is 7.91. The topological polar surface area (TPSA) is 58.1 Å². The largest absolute Gasteiger partial charge is 0.493 e. The molecule has 1 aromatic rings. The van der Waals surface area contributed by atoms with E-state index in [9.17, 15) is 0 Å². The molecule has 28 heavy (non-hydrogen) atoms. The molecule has 0 aliphatic carbocycles. The smallest absolute Gasteiger partial charge is 0.191 e. The maximum absolute atomic E-state index is 6.01. The molecule has 1 aromatic carbocycles. The number of benzene rings is 1. The third-order valence-corrected chi connectivity index (χ3v) is 4.80. The van der Waals surface area contributed by atoms with Gasteiger partial charge in [0, 0.05) is 32.2 Å². The molecular formula is C22H38N4O2. The fourth-order valence-corrected chi connectivity index (χ4v) is 3.48. The van der Waals surface area contributed by atoms with Crippen molar-refractivity contribution in [3.8, 4) is 11.5 Å². The van der Waals surface area contributed by atoms with E-state index in [4.69, 9.17) is 14.5 Å². The minimum atomic E-state index is -0.0420. The first-order chi connectivity index (χ1) is 13.5. The Labute approximate surface area is 170 Å². The number of para-hydroxylation sites is 2. The lowest BCUT2D eigenvalue weighted by Gasteiger charge is -2.34. The van der Waals surface area contributed by atoms with Gasteiger partial charge in [-0.1, -0.05) is 26.0 Å². The molecule has 2 rings (SSSR count). The summed E-state index contributed by atoms with van der Waals surface area (Å²) < 4.78 is 11.4. The predicted octanol–water partition coefficient (Wildman–Crippen LogP) is 3.14. The highest BCUT2D eigenvalue weighted by Crippen LogP contribution is 2.26. The van der Waals surface area contributed by atoms with Crippen LogP contribution in [-0.2, 0) is 0 Å². The molecule has 1 aliphatic heterocycles.